The summed E-state index contributed by atoms with van der Waals surface area (Å²) >= 11 is 0. The molecule has 3 atom stereocenters. The monoisotopic (exact) mass is 239 g/mol. The number of carbonyl (C=O) groups is 1. The fourth-order valence-corrected chi connectivity index (χ4v) is 2.32. The highest BCUT2D eigenvalue weighted by Gasteiger charge is 2.26. The van der Waals surface area contributed by atoms with Crippen LogP contribution in [-0.2, 0) is 4.79 Å². The molecule has 1 saturated heterocycles. The van der Waals surface area contributed by atoms with E-state index in [-0.39, 0.29) is 11.9 Å². The quantitative estimate of drug-likeness (QED) is 0.691. The van der Waals surface area contributed by atoms with Crippen molar-refractivity contribution >= 4 is 5.91 Å². The molecule has 17 heavy (non-hydrogen) atoms. The molecular weight excluding hydrogens is 214 g/mol. The van der Waals surface area contributed by atoms with Crippen LogP contribution < -0.4 is 10.6 Å². The molecule has 0 aliphatic carbocycles. The average Bonchev–Trinajstić information content (AvgIpc) is 2.29. The normalized spacial score (nSPS) is 27.5. The summed E-state index contributed by atoms with van der Waals surface area (Å²) in [4.78, 5) is 14.1. The minimum atomic E-state index is -0.134. The Morgan fingerprint density at radius 3 is 2.94 bits per heavy atom. The Morgan fingerprint density at radius 1 is 1.65 bits per heavy atom. The zero-order valence-corrected chi connectivity index (χ0v) is 11.2. The summed E-state index contributed by atoms with van der Waals surface area (Å²) in [5, 5.41) is 6.24. The third kappa shape index (κ3) is 4.48. The number of nitrogens with zero attached hydrogens (tertiary/aromatic N) is 1. The zero-order chi connectivity index (χ0) is 12.8. The van der Waals surface area contributed by atoms with Crippen molar-refractivity contribution in [3.05, 3.63) is 12.7 Å². The standard InChI is InChI=1S/C13H25N3O/c1-5-7-14-13(17)11(3)15-12-6-8-16(4)9-10(12)2/h5,10-12,15H,1,6-9H2,2-4H3,(H,14,17). The highest BCUT2D eigenvalue weighted by atomic mass is 16.2. The molecule has 4 heteroatoms. The predicted molar refractivity (Wildman–Crippen MR) is 70.9 cm³/mol. The van der Waals surface area contributed by atoms with E-state index in [1.54, 1.807) is 6.08 Å². The molecule has 1 aliphatic rings. The summed E-state index contributed by atoms with van der Waals surface area (Å²) in [6, 6.07) is 0.307. The lowest BCUT2D eigenvalue weighted by atomic mass is 9.93. The predicted octanol–water partition coefficient (Wildman–Crippen LogP) is 0.607. The molecule has 3 unspecified atom stereocenters. The number of rotatable bonds is 5. The van der Waals surface area contributed by atoms with E-state index in [4.69, 9.17) is 0 Å². The van der Waals surface area contributed by atoms with Gasteiger partial charge in [0.05, 0.1) is 6.04 Å². The Labute approximate surface area is 104 Å². The molecule has 1 amide bonds. The molecule has 0 radical (unpaired) electrons. The maximum absolute atomic E-state index is 11.7. The van der Waals surface area contributed by atoms with Gasteiger partial charge in [-0.1, -0.05) is 13.0 Å². The van der Waals surface area contributed by atoms with Crippen molar-refractivity contribution in [3.8, 4) is 0 Å². The van der Waals surface area contributed by atoms with Crippen LogP contribution in [0.4, 0.5) is 0 Å². The van der Waals surface area contributed by atoms with Gasteiger partial charge in [0, 0.05) is 19.1 Å². The first-order chi connectivity index (χ1) is 8.04. The number of hydrogen-bond acceptors (Lipinski definition) is 3. The molecule has 1 rings (SSSR count). The zero-order valence-electron chi connectivity index (χ0n) is 11.2. The number of carbonyl (C=O) groups excluding carboxylic acids is 1. The maximum Gasteiger partial charge on any atom is 0.237 e. The fourth-order valence-electron chi connectivity index (χ4n) is 2.32. The molecule has 0 bridgehead atoms. The second-order valence-corrected chi connectivity index (χ2v) is 5.06. The van der Waals surface area contributed by atoms with Crippen molar-refractivity contribution in [2.45, 2.75) is 32.4 Å². The fraction of sp³-hybridized carbons (Fsp3) is 0.769. The van der Waals surface area contributed by atoms with Crippen LogP contribution in [0.5, 0.6) is 0 Å². The molecule has 98 valence electrons. The Kier molecular flexibility index (Phi) is 5.65. The SMILES string of the molecule is C=CCNC(=O)C(C)NC1CCN(C)CC1C. The van der Waals surface area contributed by atoms with Crippen molar-refractivity contribution in [2.24, 2.45) is 5.92 Å². The highest BCUT2D eigenvalue weighted by molar-refractivity contribution is 5.81. The molecule has 1 aliphatic heterocycles. The van der Waals surface area contributed by atoms with Gasteiger partial charge in [-0.25, -0.2) is 0 Å². The minimum Gasteiger partial charge on any atom is -0.351 e. The van der Waals surface area contributed by atoms with Crippen LogP contribution in [0, 0.1) is 5.92 Å². The van der Waals surface area contributed by atoms with Gasteiger partial charge in [0.25, 0.3) is 0 Å². The lowest BCUT2D eigenvalue weighted by Crippen LogP contribution is -2.53. The first-order valence-corrected chi connectivity index (χ1v) is 6.37. The van der Waals surface area contributed by atoms with Gasteiger partial charge >= 0.3 is 0 Å². The number of hydrogen-bond donors (Lipinski definition) is 2. The van der Waals surface area contributed by atoms with Gasteiger partial charge in [0.15, 0.2) is 0 Å². The summed E-state index contributed by atoms with van der Waals surface area (Å²) in [7, 11) is 2.15. The van der Waals surface area contributed by atoms with Crippen LogP contribution in [0.15, 0.2) is 12.7 Å². The van der Waals surface area contributed by atoms with Crippen molar-refractivity contribution in [2.75, 3.05) is 26.7 Å². The van der Waals surface area contributed by atoms with Gasteiger partial charge in [-0.2, -0.15) is 0 Å². The van der Waals surface area contributed by atoms with Crippen molar-refractivity contribution in [3.63, 3.8) is 0 Å². The van der Waals surface area contributed by atoms with Gasteiger partial charge in [-0.3, -0.25) is 4.79 Å². The summed E-state index contributed by atoms with van der Waals surface area (Å²) in [6.45, 7) is 10.5. The molecule has 1 heterocycles. The maximum atomic E-state index is 11.7. The summed E-state index contributed by atoms with van der Waals surface area (Å²) in [5.41, 5.74) is 0. The van der Waals surface area contributed by atoms with Crippen molar-refractivity contribution in [1.29, 1.82) is 0 Å². The molecule has 0 aromatic rings. The first kappa shape index (κ1) is 14.2. The molecule has 4 nitrogen and oxygen atoms in total. The average molecular weight is 239 g/mol. The largest absolute Gasteiger partial charge is 0.351 e. The Bertz CT molecular complexity index is 267. The third-order valence-corrected chi connectivity index (χ3v) is 3.39. The van der Waals surface area contributed by atoms with E-state index in [2.05, 4.69) is 36.1 Å². The van der Waals surface area contributed by atoms with E-state index < -0.39 is 0 Å². The number of amides is 1. The Hall–Kier alpha value is -0.870. The third-order valence-electron chi connectivity index (χ3n) is 3.39. The van der Waals surface area contributed by atoms with E-state index in [0.29, 0.717) is 18.5 Å². The molecule has 0 spiro atoms. The number of nitrogens with one attached hydrogen (secondary N) is 2. The highest BCUT2D eigenvalue weighted by Crippen LogP contribution is 2.15. The Morgan fingerprint density at radius 2 is 2.35 bits per heavy atom. The van der Waals surface area contributed by atoms with E-state index in [1.807, 2.05) is 6.92 Å². The molecule has 0 aromatic carbocycles. The molecule has 2 N–H and O–H groups in total. The van der Waals surface area contributed by atoms with E-state index in [0.717, 1.165) is 19.5 Å². The first-order valence-electron chi connectivity index (χ1n) is 6.37. The van der Waals surface area contributed by atoms with Crippen molar-refractivity contribution < 1.29 is 4.79 Å². The van der Waals surface area contributed by atoms with E-state index in [1.165, 1.54) is 0 Å². The van der Waals surface area contributed by atoms with Crippen LogP contribution in [0.2, 0.25) is 0 Å². The van der Waals surface area contributed by atoms with Gasteiger partial charge in [-0.15, -0.1) is 6.58 Å². The van der Waals surface area contributed by atoms with Crippen LogP contribution in [0.1, 0.15) is 20.3 Å². The second-order valence-electron chi connectivity index (χ2n) is 5.06. The van der Waals surface area contributed by atoms with E-state index >= 15 is 0 Å². The summed E-state index contributed by atoms with van der Waals surface area (Å²) in [5.74, 6) is 0.638. The summed E-state index contributed by atoms with van der Waals surface area (Å²) < 4.78 is 0. The van der Waals surface area contributed by atoms with Crippen LogP contribution in [-0.4, -0.2) is 49.6 Å². The lowest BCUT2D eigenvalue weighted by molar-refractivity contribution is -0.122. The minimum absolute atomic E-state index is 0.0519. The second kappa shape index (κ2) is 6.77. The topological polar surface area (TPSA) is 44.4 Å². The van der Waals surface area contributed by atoms with Crippen molar-refractivity contribution in [1.82, 2.24) is 15.5 Å². The van der Waals surface area contributed by atoms with Gasteiger partial charge < -0.3 is 15.5 Å². The molecule has 0 saturated carbocycles. The summed E-state index contributed by atoms with van der Waals surface area (Å²) in [6.07, 6.45) is 2.81. The van der Waals surface area contributed by atoms with Gasteiger partial charge in [0.1, 0.15) is 0 Å². The van der Waals surface area contributed by atoms with Gasteiger partial charge in [-0.05, 0) is 32.9 Å². The molecular formula is C13H25N3O. The Balaban J connectivity index is 2.37. The van der Waals surface area contributed by atoms with Gasteiger partial charge in [0.2, 0.25) is 5.91 Å². The van der Waals surface area contributed by atoms with Crippen LogP contribution in [0.3, 0.4) is 0 Å². The number of likely N-dealkylation sites (tertiary alicyclic amines) is 1. The smallest absolute Gasteiger partial charge is 0.237 e. The number of piperidine rings is 1. The van der Waals surface area contributed by atoms with E-state index in [9.17, 15) is 4.79 Å². The van der Waals surface area contributed by atoms with Crippen LogP contribution in [0.25, 0.3) is 0 Å². The molecule has 1 fully saturated rings. The molecule has 0 aromatic heterocycles. The van der Waals surface area contributed by atoms with Crippen LogP contribution >= 0.6 is 0 Å². The lowest BCUT2D eigenvalue weighted by Gasteiger charge is -2.36.